The first-order valence-electron chi connectivity index (χ1n) is 4.35. The van der Waals surface area contributed by atoms with Crippen LogP contribution in [-0.4, -0.2) is 32.6 Å². The van der Waals surface area contributed by atoms with E-state index in [2.05, 4.69) is 20.4 Å². The molecule has 0 spiro atoms. The highest BCUT2D eigenvalue weighted by atomic mass is 16.5. The van der Waals surface area contributed by atoms with E-state index in [4.69, 9.17) is 4.74 Å². The maximum absolute atomic E-state index is 9.93. The summed E-state index contributed by atoms with van der Waals surface area (Å²) in [4.78, 5) is 4.05. The number of aromatic nitrogens is 4. The van der Waals surface area contributed by atoms with Crippen LogP contribution in [0.4, 0.5) is 0 Å². The number of hydrogen-bond donors (Lipinski definition) is 2. The van der Waals surface area contributed by atoms with Gasteiger partial charge in [-0.2, -0.15) is 15.4 Å². The Hall–Kier alpha value is -1.95. The summed E-state index contributed by atoms with van der Waals surface area (Å²) in [7, 11) is 1.52. The molecular weight excluding hydrogens is 196 g/mol. The van der Waals surface area contributed by atoms with Crippen molar-refractivity contribution < 1.29 is 9.84 Å². The van der Waals surface area contributed by atoms with Gasteiger partial charge < -0.3 is 9.84 Å². The van der Waals surface area contributed by atoms with E-state index in [-0.39, 0.29) is 0 Å². The van der Waals surface area contributed by atoms with Crippen LogP contribution in [0.3, 0.4) is 0 Å². The van der Waals surface area contributed by atoms with Crippen molar-refractivity contribution in [2.24, 2.45) is 0 Å². The van der Waals surface area contributed by atoms with Crippen LogP contribution < -0.4 is 4.74 Å². The van der Waals surface area contributed by atoms with Crippen LogP contribution in [0.25, 0.3) is 0 Å². The third-order valence-corrected chi connectivity index (χ3v) is 1.99. The molecule has 0 amide bonds. The molecule has 2 aromatic rings. The summed E-state index contributed by atoms with van der Waals surface area (Å²) in [5.74, 6) is 0.521. The second-order valence-electron chi connectivity index (χ2n) is 2.89. The second-order valence-corrected chi connectivity index (χ2v) is 2.89. The summed E-state index contributed by atoms with van der Waals surface area (Å²) in [5, 5.41) is 19.8. The molecule has 0 radical (unpaired) electrons. The molecule has 0 aromatic carbocycles. The minimum Gasteiger partial charge on any atom is -0.495 e. The number of methoxy groups -OCH3 is 1. The lowest BCUT2D eigenvalue weighted by atomic mass is 10.1. The first-order chi connectivity index (χ1) is 7.33. The van der Waals surface area contributed by atoms with Gasteiger partial charge >= 0.3 is 0 Å². The van der Waals surface area contributed by atoms with E-state index >= 15 is 0 Å². The zero-order valence-electron chi connectivity index (χ0n) is 8.08. The Kier molecular flexibility index (Phi) is 2.59. The Balaban J connectivity index is 2.37. The molecule has 0 aliphatic carbocycles. The summed E-state index contributed by atoms with van der Waals surface area (Å²) in [6.07, 6.45) is 2.10. The van der Waals surface area contributed by atoms with Crippen molar-refractivity contribution >= 4 is 0 Å². The Morgan fingerprint density at radius 1 is 1.53 bits per heavy atom. The SMILES string of the molecule is COc1cccnc1C(O)c1cn[nH]n1. The van der Waals surface area contributed by atoms with Gasteiger partial charge in [-0.1, -0.05) is 0 Å². The number of aliphatic hydroxyl groups excluding tert-OH is 1. The van der Waals surface area contributed by atoms with E-state index in [0.717, 1.165) is 0 Å². The van der Waals surface area contributed by atoms with Crippen LogP contribution in [0.1, 0.15) is 17.5 Å². The number of rotatable bonds is 3. The van der Waals surface area contributed by atoms with Crippen molar-refractivity contribution in [1.29, 1.82) is 0 Å². The third-order valence-electron chi connectivity index (χ3n) is 1.99. The fraction of sp³-hybridized carbons (Fsp3) is 0.222. The minimum absolute atomic E-state index is 0.409. The van der Waals surface area contributed by atoms with Crippen molar-refractivity contribution in [1.82, 2.24) is 20.4 Å². The molecule has 78 valence electrons. The summed E-state index contributed by atoms with van der Waals surface area (Å²) in [5.41, 5.74) is 0.834. The fourth-order valence-corrected chi connectivity index (χ4v) is 1.26. The van der Waals surface area contributed by atoms with Crippen LogP contribution in [0.5, 0.6) is 5.75 Å². The Morgan fingerprint density at radius 3 is 3.07 bits per heavy atom. The monoisotopic (exact) mass is 206 g/mol. The Labute approximate surface area is 85.9 Å². The van der Waals surface area contributed by atoms with Gasteiger partial charge in [-0.05, 0) is 12.1 Å². The van der Waals surface area contributed by atoms with Gasteiger partial charge in [-0.3, -0.25) is 4.98 Å². The number of nitrogens with one attached hydrogen (secondary N) is 1. The van der Waals surface area contributed by atoms with Crippen LogP contribution in [0.2, 0.25) is 0 Å². The number of H-pyrrole nitrogens is 1. The van der Waals surface area contributed by atoms with E-state index in [0.29, 0.717) is 17.1 Å². The molecule has 2 rings (SSSR count). The second kappa shape index (κ2) is 4.05. The molecule has 2 N–H and O–H groups in total. The number of aromatic amines is 1. The number of nitrogens with zero attached hydrogens (tertiary/aromatic N) is 3. The number of ether oxygens (including phenoxy) is 1. The molecule has 1 atom stereocenters. The molecule has 0 saturated heterocycles. The zero-order chi connectivity index (χ0) is 10.7. The Morgan fingerprint density at radius 2 is 2.40 bits per heavy atom. The van der Waals surface area contributed by atoms with Gasteiger partial charge in [0.25, 0.3) is 0 Å². The molecular formula is C9H10N4O2. The summed E-state index contributed by atoms with van der Waals surface area (Å²) in [6, 6.07) is 3.46. The maximum Gasteiger partial charge on any atom is 0.145 e. The molecule has 6 heteroatoms. The van der Waals surface area contributed by atoms with Gasteiger partial charge in [-0.15, -0.1) is 0 Å². The molecule has 0 fully saturated rings. The van der Waals surface area contributed by atoms with Crippen LogP contribution in [-0.2, 0) is 0 Å². The highest BCUT2D eigenvalue weighted by Gasteiger charge is 2.18. The summed E-state index contributed by atoms with van der Waals surface area (Å²) < 4.78 is 5.08. The fourth-order valence-electron chi connectivity index (χ4n) is 1.26. The van der Waals surface area contributed by atoms with Gasteiger partial charge in [0.05, 0.1) is 13.3 Å². The van der Waals surface area contributed by atoms with Crippen LogP contribution in [0, 0.1) is 0 Å². The number of aliphatic hydroxyl groups is 1. The van der Waals surface area contributed by atoms with E-state index in [1.807, 2.05) is 0 Å². The largest absolute Gasteiger partial charge is 0.495 e. The molecule has 0 bridgehead atoms. The molecule has 6 nitrogen and oxygen atoms in total. The summed E-state index contributed by atoms with van der Waals surface area (Å²) in [6.45, 7) is 0. The van der Waals surface area contributed by atoms with E-state index in [1.165, 1.54) is 13.3 Å². The lowest BCUT2D eigenvalue weighted by molar-refractivity contribution is 0.204. The molecule has 2 aromatic heterocycles. The quantitative estimate of drug-likeness (QED) is 0.754. The standard InChI is InChI=1S/C9H10N4O2/c1-15-7-3-2-4-10-8(7)9(14)6-5-11-13-12-6/h2-5,9,14H,1H3,(H,11,12,13). The number of hydrogen-bond acceptors (Lipinski definition) is 5. The van der Waals surface area contributed by atoms with E-state index in [1.54, 1.807) is 18.3 Å². The molecule has 0 aliphatic rings. The first-order valence-corrected chi connectivity index (χ1v) is 4.35. The van der Waals surface area contributed by atoms with Crippen molar-refractivity contribution in [3.05, 3.63) is 35.9 Å². The van der Waals surface area contributed by atoms with E-state index < -0.39 is 6.10 Å². The van der Waals surface area contributed by atoms with Crippen LogP contribution in [0.15, 0.2) is 24.5 Å². The van der Waals surface area contributed by atoms with Gasteiger partial charge in [0.15, 0.2) is 0 Å². The average Bonchev–Trinajstić information content (AvgIpc) is 2.81. The topological polar surface area (TPSA) is 83.9 Å². The van der Waals surface area contributed by atoms with Gasteiger partial charge in [0.1, 0.15) is 23.2 Å². The smallest absolute Gasteiger partial charge is 0.145 e. The molecule has 1 unspecified atom stereocenters. The number of pyridine rings is 1. The first kappa shape index (κ1) is 9.60. The highest BCUT2D eigenvalue weighted by molar-refractivity contribution is 5.32. The van der Waals surface area contributed by atoms with Gasteiger partial charge in [0.2, 0.25) is 0 Å². The average molecular weight is 206 g/mol. The molecule has 0 saturated carbocycles. The lowest BCUT2D eigenvalue weighted by Crippen LogP contribution is -2.05. The van der Waals surface area contributed by atoms with Crippen LogP contribution >= 0.6 is 0 Å². The Bertz CT molecular complexity index is 429. The minimum atomic E-state index is -0.931. The van der Waals surface area contributed by atoms with Crippen molar-refractivity contribution in [2.75, 3.05) is 7.11 Å². The summed E-state index contributed by atoms with van der Waals surface area (Å²) >= 11 is 0. The normalized spacial score (nSPS) is 12.4. The maximum atomic E-state index is 9.93. The predicted octanol–water partition coefficient (Wildman–Crippen LogP) is 0.290. The van der Waals surface area contributed by atoms with Gasteiger partial charge in [0, 0.05) is 6.20 Å². The van der Waals surface area contributed by atoms with Crippen molar-refractivity contribution in [2.45, 2.75) is 6.10 Å². The molecule has 0 aliphatic heterocycles. The predicted molar refractivity (Wildman–Crippen MR) is 51.2 cm³/mol. The zero-order valence-corrected chi connectivity index (χ0v) is 8.08. The molecule has 15 heavy (non-hydrogen) atoms. The third kappa shape index (κ3) is 1.79. The van der Waals surface area contributed by atoms with E-state index in [9.17, 15) is 5.11 Å². The van der Waals surface area contributed by atoms with Crippen molar-refractivity contribution in [3.8, 4) is 5.75 Å². The highest BCUT2D eigenvalue weighted by Crippen LogP contribution is 2.25. The lowest BCUT2D eigenvalue weighted by Gasteiger charge is -2.10. The van der Waals surface area contributed by atoms with Crippen molar-refractivity contribution in [3.63, 3.8) is 0 Å². The molecule has 2 heterocycles. The van der Waals surface area contributed by atoms with Gasteiger partial charge in [-0.25, -0.2) is 0 Å².